The maximum absolute atomic E-state index is 11.0. The molecule has 0 aromatic rings. The van der Waals surface area contributed by atoms with Gasteiger partial charge >= 0.3 is 0 Å². The SMILES string of the molecule is CCNC(=O)C(C)(Cl)CCl. The van der Waals surface area contributed by atoms with Crippen LogP contribution in [0.4, 0.5) is 0 Å². The van der Waals surface area contributed by atoms with E-state index in [1.165, 1.54) is 0 Å². The largest absolute Gasteiger partial charge is 0.355 e. The summed E-state index contributed by atoms with van der Waals surface area (Å²) in [6.45, 7) is 4.00. The fourth-order valence-electron chi connectivity index (χ4n) is 0.406. The van der Waals surface area contributed by atoms with Crippen molar-refractivity contribution in [1.82, 2.24) is 5.32 Å². The third-order valence-corrected chi connectivity index (χ3v) is 2.04. The molecule has 0 bridgehead atoms. The highest BCUT2D eigenvalue weighted by atomic mass is 35.5. The molecule has 4 heteroatoms. The summed E-state index contributed by atoms with van der Waals surface area (Å²) in [5.41, 5.74) is 0. The molecule has 1 unspecified atom stereocenters. The number of hydrogen-bond donors (Lipinski definition) is 1. The van der Waals surface area contributed by atoms with E-state index in [1.54, 1.807) is 6.92 Å². The summed E-state index contributed by atoms with van der Waals surface area (Å²) >= 11 is 11.1. The number of alkyl halides is 2. The minimum atomic E-state index is -0.961. The average molecular weight is 184 g/mol. The number of rotatable bonds is 3. The quantitative estimate of drug-likeness (QED) is 0.659. The van der Waals surface area contributed by atoms with Crippen LogP contribution in [0, 0.1) is 0 Å². The van der Waals surface area contributed by atoms with Gasteiger partial charge in [0.25, 0.3) is 0 Å². The molecule has 0 heterocycles. The van der Waals surface area contributed by atoms with Crippen molar-refractivity contribution in [2.24, 2.45) is 0 Å². The molecule has 0 rings (SSSR count). The van der Waals surface area contributed by atoms with Gasteiger partial charge in [-0.25, -0.2) is 0 Å². The average Bonchev–Trinajstić information content (AvgIpc) is 1.89. The van der Waals surface area contributed by atoms with Gasteiger partial charge in [0.05, 0.1) is 5.88 Å². The normalized spacial score (nSPS) is 16.0. The lowest BCUT2D eigenvalue weighted by molar-refractivity contribution is -0.122. The van der Waals surface area contributed by atoms with Gasteiger partial charge in [-0.05, 0) is 13.8 Å². The van der Waals surface area contributed by atoms with E-state index < -0.39 is 4.87 Å². The number of carbonyl (C=O) groups is 1. The number of carbonyl (C=O) groups excluding carboxylic acids is 1. The van der Waals surface area contributed by atoms with Crippen LogP contribution < -0.4 is 5.32 Å². The molecule has 2 nitrogen and oxygen atoms in total. The molecule has 1 amide bonds. The van der Waals surface area contributed by atoms with Crippen molar-refractivity contribution in [2.75, 3.05) is 12.4 Å². The number of amides is 1. The Hall–Kier alpha value is 0.0500. The highest BCUT2D eigenvalue weighted by Crippen LogP contribution is 2.15. The zero-order valence-corrected chi connectivity index (χ0v) is 7.59. The third-order valence-electron chi connectivity index (χ3n) is 1.06. The van der Waals surface area contributed by atoms with Crippen molar-refractivity contribution in [3.63, 3.8) is 0 Å². The van der Waals surface area contributed by atoms with Crippen LogP contribution in [0.25, 0.3) is 0 Å². The number of halogens is 2. The summed E-state index contributed by atoms with van der Waals surface area (Å²) in [7, 11) is 0. The van der Waals surface area contributed by atoms with E-state index in [9.17, 15) is 4.79 Å². The molecule has 0 fully saturated rings. The zero-order valence-electron chi connectivity index (χ0n) is 6.08. The summed E-state index contributed by atoms with van der Waals surface area (Å²) in [5.74, 6) is -0.0907. The smallest absolute Gasteiger partial charge is 0.242 e. The van der Waals surface area contributed by atoms with E-state index in [0.717, 1.165) is 0 Å². The second-order valence-electron chi connectivity index (χ2n) is 2.19. The lowest BCUT2D eigenvalue weighted by Gasteiger charge is -2.16. The minimum absolute atomic E-state index is 0.125. The van der Waals surface area contributed by atoms with Gasteiger partial charge in [0.2, 0.25) is 5.91 Å². The van der Waals surface area contributed by atoms with E-state index in [1.807, 2.05) is 6.92 Å². The van der Waals surface area contributed by atoms with Gasteiger partial charge in [0.15, 0.2) is 0 Å². The molecule has 0 radical (unpaired) electrons. The molecule has 0 aromatic heterocycles. The molecule has 60 valence electrons. The van der Waals surface area contributed by atoms with Gasteiger partial charge in [0, 0.05) is 6.54 Å². The summed E-state index contributed by atoms with van der Waals surface area (Å²) in [5, 5.41) is 2.58. The highest BCUT2D eigenvalue weighted by molar-refractivity contribution is 6.39. The molecule has 0 aliphatic carbocycles. The molecule has 0 aliphatic rings. The Kier molecular flexibility index (Phi) is 4.06. The van der Waals surface area contributed by atoms with E-state index >= 15 is 0 Å². The maximum Gasteiger partial charge on any atom is 0.242 e. The van der Waals surface area contributed by atoms with Crippen LogP contribution in [0.5, 0.6) is 0 Å². The van der Waals surface area contributed by atoms with Gasteiger partial charge in [-0.2, -0.15) is 0 Å². The summed E-state index contributed by atoms with van der Waals surface area (Å²) in [6, 6.07) is 0. The third kappa shape index (κ3) is 2.76. The van der Waals surface area contributed by atoms with E-state index in [4.69, 9.17) is 23.2 Å². The summed E-state index contributed by atoms with van der Waals surface area (Å²) < 4.78 is 0. The van der Waals surface area contributed by atoms with Gasteiger partial charge in [-0.1, -0.05) is 0 Å². The predicted molar refractivity (Wildman–Crippen MR) is 43.7 cm³/mol. The molecule has 0 saturated heterocycles. The fraction of sp³-hybridized carbons (Fsp3) is 0.833. The fourth-order valence-corrected chi connectivity index (χ4v) is 0.594. The van der Waals surface area contributed by atoms with Crippen LogP contribution in [0.15, 0.2) is 0 Å². The van der Waals surface area contributed by atoms with Gasteiger partial charge in [0.1, 0.15) is 4.87 Å². The topological polar surface area (TPSA) is 29.1 Å². The second kappa shape index (κ2) is 4.04. The molecule has 1 N–H and O–H groups in total. The molecule has 0 spiro atoms. The molecule has 0 aliphatic heterocycles. The van der Waals surface area contributed by atoms with Crippen molar-refractivity contribution >= 4 is 29.1 Å². The Labute approximate surface area is 70.9 Å². The Balaban J connectivity index is 3.91. The predicted octanol–water partition coefficient (Wildman–Crippen LogP) is 1.36. The van der Waals surface area contributed by atoms with Crippen molar-refractivity contribution in [1.29, 1.82) is 0 Å². The van der Waals surface area contributed by atoms with Gasteiger partial charge < -0.3 is 5.32 Å². The highest BCUT2D eigenvalue weighted by Gasteiger charge is 2.28. The molecular weight excluding hydrogens is 173 g/mol. The van der Waals surface area contributed by atoms with Gasteiger partial charge in [-0.15, -0.1) is 23.2 Å². The van der Waals surface area contributed by atoms with Crippen molar-refractivity contribution in [2.45, 2.75) is 18.7 Å². The standard InChI is InChI=1S/C6H11Cl2NO/c1-3-9-5(10)6(2,8)4-7/h3-4H2,1-2H3,(H,9,10). The van der Waals surface area contributed by atoms with Gasteiger partial charge in [-0.3, -0.25) is 4.79 Å². The van der Waals surface area contributed by atoms with Crippen LogP contribution in [0.3, 0.4) is 0 Å². The molecule has 0 aromatic carbocycles. The van der Waals surface area contributed by atoms with Crippen LogP contribution in [0.1, 0.15) is 13.8 Å². The molecule has 1 atom stereocenters. The van der Waals surface area contributed by atoms with E-state index in [0.29, 0.717) is 6.54 Å². The Morgan fingerprint density at radius 2 is 2.20 bits per heavy atom. The molecule has 0 saturated carbocycles. The lowest BCUT2D eigenvalue weighted by atomic mass is 10.2. The first-order chi connectivity index (χ1) is 4.54. The van der Waals surface area contributed by atoms with Crippen molar-refractivity contribution in [3.05, 3.63) is 0 Å². The van der Waals surface area contributed by atoms with Crippen LogP contribution in [0.2, 0.25) is 0 Å². The number of nitrogens with one attached hydrogen (secondary N) is 1. The van der Waals surface area contributed by atoms with Crippen molar-refractivity contribution in [3.8, 4) is 0 Å². The van der Waals surface area contributed by atoms with E-state index in [-0.39, 0.29) is 11.8 Å². The maximum atomic E-state index is 11.0. The minimum Gasteiger partial charge on any atom is -0.355 e. The Morgan fingerprint density at radius 1 is 1.70 bits per heavy atom. The first-order valence-corrected chi connectivity index (χ1v) is 3.99. The Morgan fingerprint density at radius 3 is 2.50 bits per heavy atom. The molecule has 10 heavy (non-hydrogen) atoms. The van der Waals surface area contributed by atoms with Crippen molar-refractivity contribution < 1.29 is 4.79 Å². The monoisotopic (exact) mass is 183 g/mol. The Bertz CT molecular complexity index is 125. The second-order valence-corrected chi connectivity index (χ2v) is 3.29. The summed E-state index contributed by atoms with van der Waals surface area (Å²) in [4.78, 5) is 10.0. The number of hydrogen-bond acceptors (Lipinski definition) is 1. The summed E-state index contributed by atoms with van der Waals surface area (Å²) in [6.07, 6.45) is 0. The van der Waals surface area contributed by atoms with Crippen LogP contribution in [-0.4, -0.2) is 23.2 Å². The van der Waals surface area contributed by atoms with E-state index in [2.05, 4.69) is 5.32 Å². The zero-order chi connectivity index (χ0) is 8.20. The first-order valence-electron chi connectivity index (χ1n) is 3.07. The molecular formula is C6H11Cl2NO. The van der Waals surface area contributed by atoms with Crippen LogP contribution >= 0.6 is 23.2 Å². The lowest BCUT2D eigenvalue weighted by Crippen LogP contribution is -2.41. The first kappa shape index (κ1) is 10.0. The van der Waals surface area contributed by atoms with Crippen LogP contribution in [-0.2, 0) is 4.79 Å².